The molecule has 6 nitrogen and oxygen atoms in total. The number of amides is 3. The maximum atomic E-state index is 10.5. The normalized spacial score (nSPS) is 10.4. The van der Waals surface area contributed by atoms with Gasteiger partial charge in [-0.2, -0.15) is 0 Å². The third-order valence-corrected chi connectivity index (χ3v) is 2.98. The van der Waals surface area contributed by atoms with Gasteiger partial charge in [-0.3, -0.25) is 4.79 Å². The zero-order valence-electron chi connectivity index (χ0n) is 12.4. The average Bonchev–Trinajstić information content (AvgIpc) is 2.38. The number of rotatable bonds is 14. The molecular formula is C14H29N3O3. The van der Waals surface area contributed by atoms with E-state index in [2.05, 4.69) is 5.32 Å². The Morgan fingerprint density at radius 2 is 1.35 bits per heavy atom. The Hall–Kier alpha value is -1.30. The molecule has 0 aliphatic heterocycles. The van der Waals surface area contributed by atoms with Crippen molar-refractivity contribution in [2.45, 2.75) is 57.8 Å². The van der Waals surface area contributed by atoms with Crippen molar-refractivity contribution in [2.75, 3.05) is 19.8 Å². The molecule has 118 valence electrons. The van der Waals surface area contributed by atoms with E-state index in [-0.39, 0.29) is 5.91 Å². The van der Waals surface area contributed by atoms with Gasteiger partial charge in [0.15, 0.2) is 0 Å². The minimum atomic E-state index is -0.450. The monoisotopic (exact) mass is 287 g/mol. The molecule has 0 bridgehead atoms. The molecular weight excluding hydrogens is 258 g/mol. The van der Waals surface area contributed by atoms with Crippen LogP contribution in [0.15, 0.2) is 0 Å². The van der Waals surface area contributed by atoms with Gasteiger partial charge in [0.2, 0.25) is 5.91 Å². The third kappa shape index (κ3) is 16.7. The van der Waals surface area contributed by atoms with E-state index in [0.29, 0.717) is 13.0 Å². The van der Waals surface area contributed by atoms with Crippen LogP contribution in [0.4, 0.5) is 4.79 Å². The lowest BCUT2D eigenvalue weighted by Crippen LogP contribution is -2.29. The quantitative estimate of drug-likeness (QED) is 0.423. The highest BCUT2D eigenvalue weighted by molar-refractivity contribution is 5.73. The van der Waals surface area contributed by atoms with E-state index < -0.39 is 6.03 Å². The van der Waals surface area contributed by atoms with Crippen molar-refractivity contribution in [1.29, 1.82) is 0 Å². The Bertz CT molecular complexity index is 234. The summed E-state index contributed by atoms with van der Waals surface area (Å²) in [4.78, 5) is 20.9. The van der Waals surface area contributed by atoms with E-state index >= 15 is 0 Å². The Morgan fingerprint density at radius 3 is 1.95 bits per heavy atom. The van der Waals surface area contributed by atoms with Crippen LogP contribution in [-0.4, -0.2) is 31.7 Å². The minimum absolute atomic E-state index is 0.225. The summed E-state index contributed by atoms with van der Waals surface area (Å²) in [7, 11) is 0. The topological polar surface area (TPSA) is 107 Å². The Kier molecular flexibility index (Phi) is 13.2. The van der Waals surface area contributed by atoms with Crippen LogP contribution in [0, 0.1) is 0 Å². The molecule has 0 saturated heterocycles. The summed E-state index contributed by atoms with van der Waals surface area (Å²) < 4.78 is 5.51. The van der Waals surface area contributed by atoms with Crippen molar-refractivity contribution in [1.82, 2.24) is 5.32 Å². The zero-order chi connectivity index (χ0) is 15.1. The van der Waals surface area contributed by atoms with Crippen molar-refractivity contribution < 1.29 is 14.3 Å². The molecule has 0 radical (unpaired) electrons. The minimum Gasteiger partial charge on any atom is -0.381 e. The van der Waals surface area contributed by atoms with Gasteiger partial charge in [0, 0.05) is 26.2 Å². The smallest absolute Gasteiger partial charge is 0.312 e. The second kappa shape index (κ2) is 14.1. The van der Waals surface area contributed by atoms with Crippen LogP contribution in [0.25, 0.3) is 0 Å². The molecule has 0 aromatic rings. The SMILES string of the molecule is NC(=O)CCCCCOCCCCCCCNC(N)=O. The van der Waals surface area contributed by atoms with Gasteiger partial charge in [-0.05, 0) is 25.7 Å². The summed E-state index contributed by atoms with van der Waals surface area (Å²) >= 11 is 0. The molecule has 0 aliphatic carbocycles. The molecule has 0 aliphatic rings. The van der Waals surface area contributed by atoms with Crippen LogP contribution in [0.2, 0.25) is 0 Å². The van der Waals surface area contributed by atoms with E-state index in [4.69, 9.17) is 16.2 Å². The van der Waals surface area contributed by atoms with Crippen LogP contribution >= 0.6 is 0 Å². The van der Waals surface area contributed by atoms with Crippen LogP contribution in [-0.2, 0) is 9.53 Å². The maximum absolute atomic E-state index is 10.5. The first-order valence-electron chi connectivity index (χ1n) is 7.52. The van der Waals surface area contributed by atoms with Gasteiger partial charge >= 0.3 is 6.03 Å². The van der Waals surface area contributed by atoms with Crippen molar-refractivity contribution in [3.8, 4) is 0 Å². The fourth-order valence-electron chi connectivity index (χ4n) is 1.85. The molecule has 3 amide bonds. The highest BCUT2D eigenvalue weighted by atomic mass is 16.5. The molecule has 0 aromatic carbocycles. The number of nitrogens with one attached hydrogen (secondary N) is 1. The molecule has 0 aromatic heterocycles. The molecule has 0 spiro atoms. The number of carbonyl (C=O) groups is 2. The summed E-state index contributed by atoms with van der Waals surface area (Å²) in [5, 5.41) is 2.57. The number of ether oxygens (including phenoxy) is 1. The number of hydrogen-bond acceptors (Lipinski definition) is 3. The Balaban J connectivity index is 2.99. The molecule has 0 rings (SSSR count). The Labute approximate surface area is 121 Å². The number of nitrogens with two attached hydrogens (primary N) is 2. The van der Waals surface area contributed by atoms with Crippen molar-refractivity contribution in [2.24, 2.45) is 11.5 Å². The molecule has 20 heavy (non-hydrogen) atoms. The molecule has 6 heteroatoms. The first kappa shape index (κ1) is 18.7. The number of primary amides is 2. The van der Waals surface area contributed by atoms with E-state index in [1.165, 1.54) is 0 Å². The van der Waals surface area contributed by atoms with Crippen molar-refractivity contribution >= 4 is 11.9 Å². The average molecular weight is 287 g/mol. The van der Waals surface area contributed by atoms with Gasteiger partial charge in [0.1, 0.15) is 0 Å². The lowest BCUT2D eigenvalue weighted by Gasteiger charge is -2.04. The molecule has 0 atom stereocenters. The molecule has 0 heterocycles. The summed E-state index contributed by atoms with van der Waals surface area (Å²) in [6.45, 7) is 2.23. The Morgan fingerprint density at radius 1 is 0.800 bits per heavy atom. The van der Waals surface area contributed by atoms with Crippen LogP contribution in [0.3, 0.4) is 0 Å². The number of unbranched alkanes of at least 4 members (excludes halogenated alkanes) is 6. The van der Waals surface area contributed by atoms with Crippen LogP contribution in [0.5, 0.6) is 0 Å². The second-order valence-electron chi connectivity index (χ2n) is 4.95. The first-order chi connectivity index (χ1) is 9.63. The van der Waals surface area contributed by atoms with Crippen LogP contribution in [0.1, 0.15) is 57.8 Å². The standard InChI is InChI=1S/C14H29N3O3/c15-13(18)9-5-4-8-12-20-11-7-3-1-2-6-10-17-14(16)19/h1-12H2,(H2,15,18)(H3,16,17,19). The van der Waals surface area contributed by atoms with Gasteiger partial charge in [-0.1, -0.05) is 25.7 Å². The summed E-state index contributed by atoms with van der Waals surface area (Å²) in [5.41, 5.74) is 10.0. The highest BCUT2D eigenvalue weighted by Gasteiger charge is 1.96. The van der Waals surface area contributed by atoms with E-state index in [9.17, 15) is 9.59 Å². The molecule has 0 fully saturated rings. The van der Waals surface area contributed by atoms with Gasteiger partial charge in [0.05, 0.1) is 0 Å². The van der Waals surface area contributed by atoms with Crippen LogP contribution < -0.4 is 16.8 Å². The number of carbonyl (C=O) groups excluding carboxylic acids is 2. The predicted molar refractivity (Wildman–Crippen MR) is 79.2 cm³/mol. The number of hydrogen-bond donors (Lipinski definition) is 3. The molecule has 5 N–H and O–H groups in total. The van der Waals surface area contributed by atoms with E-state index in [1.807, 2.05) is 0 Å². The second-order valence-corrected chi connectivity index (χ2v) is 4.95. The van der Waals surface area contributed by atoms with Crippen molar-refractivity contribution in [3.63, 3.8) is 0 Å². The third-order valence-electron chi connectivity index (χ3n) is 2.98. The fourth-order valence-corrected chi connectivity index (χ4v) is 1.85. The summed E-state index contributed by atoms with van der Waals surface area (Å²) in [5.74, 6) is -0.225. The lowest BCUT2D eigenvalue weighted by atomic mass is 10.1. The first-order valence-corrected chi connectivity index (χ1v) is 7.52. The highest BCUT2D eigenvalue weighted by Crippen LogP contribution is 2.04. The molecule has 0 unspecified atom stereocenters. The summed E-state index contributed by atoms with van der Waals surface area (Å²) in [6.07, 6.45) is 8.78. The van der Waals surface area contributed by atoms with E-state index in [0.717, 1.165) is 64.6 Å². The summed E-state index contributed by atoms with van der Waals surface area (Å²) in [6, 6.07) is -0.450. The van der Waals surface area contributed by atoms with E-state index in [1.54, 1.807) is 0 Å². The van der Waals surface area contributed by atoms with Crippen molar-refractivity contribution in [3.05, 3.63) is 0 Å². The van der Waals surface area contributed by atoms with Gasteiger partial charge < -0.3 is 21.5 Å². The maximum Gasteiger partial charge on any atom is 0.312 e. The molecule has 0 saturated carbocycles. The largest absolute Gasteiger partial charge is 0.381 e. The van der Waals surface area contributed by atoms with Gasteiger partial charge in [0.25, 0.3) is 0 Å². The zero-order valence-corrected chi connectivity index (χ0v) is 12.4. The van der Waals surface area contributed by atoms with Gasteiger partial charge in [-0.25, -0.2) is 4.79 Å². The number of urea groups is 1. The predicted octanol–water partition coefficient (Wildman–Crippen LogP) is 1.67. The fraction of sp³-hybridized carbons (Fsp3) is 0.857. The van der Waals surface area contributed by atoms with Gasteiger partial charge in [-0.15, -0.1) is 0 Å². The lowest BCUT2D eigenvalue weighted by molar-refractivity contribution is -0.118.